The van der Waals surface area contributed by atoms with Crippen LogP contribution in [0.1, 0.15) is 13.3 Å². The van der Waals surface area contributed by atoms with Crippen LogP contribution in [0.15, 0.2) is 11.6 Å². The van der Waals surface area contributed by atoms with Crippen LogP contribution in [0.2, 0.25) is 0 Å². The topological polar surface area (TPSA) is 23.8 Å². The van der Waals surface area contributed by atoms with Crippen LogP contribution in [0.4, 0.5) is 0 Å². The van der Waals surface area contributed by atoms with Crippen molar-refractivity contribution in [2.45, 2.75) is 18.6 Å². The zero-order chi connectivity index (χ0) is 6.69. The van der Waals surface area contributed by atoms with E-state index in [2.05, 4.69) is 13.0 Å². The molecule has 0 saturated carbocycles. The van der Waals surface area contributed by atoms with E-state index in [1.54, 1.807) is 6.08 Å². The maximum absolute atomic E-state index is 8.31. The molecule has 0 N–H and O–H groups in total. The van der Waals surface area contributed by atoms with Gasteiger partial charge in [-0.2, -0.15) is 17.0 Å². The largest absolute Gasteiger partial charge is 0.193 e. The van der Waals surface area contributed by atoms with Crippen LogP contribution in [0, 0.1) is 11.3 Å². The lowest BCUT2D eigenvalue weighted by atomic mass is 10.1. The van der Waals surface area contributed by atoms with E-state index in [0.29, 0.717) is 5.25 Å². The molecule has 1 unspecified atom stereocenters. The maximum atomic E-state index is 8.31. The SMILES string of the molecule is CC1SCCC1=CC#N. The Balaban J connectivity index is 2.62. The Labute approximate surface area is 59.7 Å². The van der Waals surface area contributed by atoms with Crippen molar-refractivity contribution in [1.82, 2.24) is 0 Å². The van der Waals surface area contributed by atoms with Crippen LogP contribution in [0.25, 0.3) is 0 Å². The first-order valence-electron chi connectivity index (χ1n) is 3.04. The van der Waals surface area contributed by atoms with Gasteiger partial charge in [0.25, 0.3) is 0 Å². The molecule has 1 atom stereocenters. The van der Waals surface area contributed by atoms with Gasteiger partial charge in [0.05, 0.1) is 6.07 Å². The van der Waals surface area contributed by atoms with Crippen LogP contribution in [0.3, 0.4) is 0 Å². The molecular weight excluding hydrogens is 130 g/mol. The van der Waals surface area contributed by atoms with Gasteiger partial charge in [-0.3, -0.25) is 0 Å². The Hall–Kier alpha value is -0.420. The zero-order valence-electron chi connectivity index (χ0n) is 5.42. The number of thioether (sulfide) groups is 1. The van der Waals surface area contributed by atoms with Crippen LogP contribution in [-0.2, 0) is 0 Å². The number of rotatable bonds is 0. The second-order valence-corrected chi connectivity index (χ2v) is 3.56. The van der Waals surface area contributed by atoms with E-state index in [0.717, 1.165) is 6.42 Å². The van der Waals surface area contributed by atoms with Crippen molar-refractivity contribution in [2.75, 3.05) is 5.75 Å². The predicted molar refractivity (Wildman–Crippen MR) is 40.2 cm³/mol. The average Bonchev–Trinajstić information content (AvgIpc) is 2.18. The highest BCUT2D eigenvalue weighted by Crippen LogP contribution is 2.30. The molecule has 0 aromatic heterocycles. The highest BCUT2D eigenvalue weighted by molar-refractivity contribution is 8.00. The summed E-state index contributed by atoms with van der Waals surface area (Å²) in [6, 6.07) is 2.06. The third-order valence-electron chi connectivity index (χ3n) is 1.53. The summed E-state index contributed by atoms with van der Waals surface area (Å²) >= 11 is 1.93. The van der Waals surface area contributed by atoms with E-state index < -0.39 is 0 Å². The summed E-state index contributed by atoms with van der Waals surface area (Å²) in [6.45, 7) is 2.15. The monoisotopic (exact) mass is 139 g/mol. The molecule has 48 valence electrons. The Kier molecular flexibility index (Phi) is 2.18. The zero-order valence-corrected chi connectivity index (χ0v) is 6.24. The summed E-state index contributed by atoms with van der Waals surface area (Å²) < 4.78 is 0. The van der Waals surface area contributed by atoms with Crippen molar-refractivity contribution < 1.29 is 0 Å². The standard InChI is InChI=1S/C7H9NS/c1-6-7(2-4-8)3-5-9-6/h2,6H,3,5H2,1H3. The predicted octanol–water partition coefficient (Wildman–Crippen LogP) is 1.96. The molecular formula is C7H9NS. The summed E-state index contributed by atoms with van der Waals surface area (Å²) in [6.07, 6.45) is 2.80. The van der Waals surface area contributed by atoms with Gasteiger partial charge in [-0.1, -0.05) is 0 Å². The van der Waals surface area contributed by atoms with E-state index in [9.17, 15) is 0 Å². The van der Waals surface area contributed by atoms with Crippen LogP contribution < -0.4 is 0 Å². The van der Waals surface area contributed by atoms with Gasteiger partial charge in [-0.05, 0) is 24.7 Å². The highest BCUT2D eigenvalue weighted by atomic mass is 32.2. The van der Waals surface area contributed by atoms with Gasteiger partial charge < -0.3 is 0 Å². The van der Waals surface area contributed by atoms with Gasteiger partial charge in [0.2, 0.25) is 0 Å². The van der Waals surface area contributed by atoms with E-state index in [1.165, 1.54) is 11.3 Å². The van der Waals surface area contributed by atoms with Crippen molar-refractivity contribution in [3.63, 3.8) is 0 Å². The summed E-state index contributed by atoms with van der Waals surface area (Å²) in [4.78, 5) is 0. The Morgan fingerprint density at radius 2 is 2.67 bits per heavy atom. The number of hydrogen-bond acceptors (Lipinski definition) is 2. The van der Waals surface area contributed by atoms with Crippen molar-refractivity contribution >= 4 is 11.8 Å². The highest BCUT2D eigenvalue weighted by Gasteiger charge is 2.15. The molecule has 0 radical (unpaired) electrons. The molecule has 0 amide bonds. The van der Waals surface area contributed by atoms with Crippen LogP contribution in [-0.4, -0.2) is 11.0 Å². The second kappa shape index (κ2) is 2.93. The lowest BCUT2D eigenvalue weighted by Crippen LogP contribution is -1.90. The summed E-state index contributed by atoms with van der Waals surface area (Å²) in [5.74, 6) is 1.19. The first-order chi connectivity index (χ1) is 4.34. The van der Waals surface area contributed by atoms with Gasteiger partial charge in [-0.15, -0.1) is 0 Å². The minimum atomic E-state index is 0.588. The molecule has 2 heteroatoms. The van der Waals surface area contributed by atoms with Gasteiger partial charge in [0.1, 0.15) is 0 Å². The van der Waals surface area contributed by atoms with Crippen molar-refractivity contribution in [2.24, 2.45) is 0 Å². The molecule has 1 nitrogen and oxygen atoms in total. The van der Waals surface area contributed by atoms with E-state index >= 15 is 0 Å². The number of hydrogen-bond donors (Lipinski definition) is 0. The molecule has 1 fully saturated rings. The summed E-state index contributed by atoms with van der Waals surface area (Å²) in [5, 5.41) is 8.90. The maximum Gasteiger partial charge on any atom is 0.0911 e. The number of allylic oxidation sites excluding steroid dienone is 1. The van der Waals surface area contributed by atoms with Gasteiger partial charge >= 0.3 is 0 Å². The smallest absolute Gasteiger partial charge is 0.0911 e. The van der Waals surface area contributed by atoms with E-state index in [1.807, 2.05) is 11.8 Å². The summed E-state index contributed by atoms with van der Waals surface area (Å²) in [5.41, 5.74) is 1.31. The van der Waals surface area contributed by atoms with E-state index in [-0.39, 0.29) is 0 Å². The third kappa shape index (κ3) is 1.49. The lowest BCUT2D eigenvalue weighted by Gasteiger charge is -1.98. The minimum absolute atomic E-state index is 0.588. The van der Waals surface area contributed by atoms with E-state index in [4.69, 9.17) is 5.26 Å². The van der Waals surface area contributed by atoms with Crippen molar-refractivity contribution in [3.8, 4) is 6.07 Å². The van der Waals surface area contributed by atoms with Crippen LogP contribution >= 0.6 is 11.8 Å². The van der Waals surface area contributed by atoms with Gasteiger partial charge in [0, 0.05) is 11.3 Å². The normalized spacial score (nSPS) is 30.7. The molecule has 1 heterocycles. The molecule has 1 saturated heterocycles. The fraction of sp³-hybridized carbons (Fsp3) is 0.571. The molecule has 1 aliphatic heterocycles. The second-order valence-electron chi connectivity index (χ2n) is 2.11. The van der Waals surface area contributed by atoms with Gasteiger partial charge in [0.15, 0.2) is 0 Å². The third-order valence-corrected chi connectivity index (χ3v) is 2.77. The quantitative estimate of drug-likeness (QED) is 0.479. The Morgan fingerprint density at radius 1 is 1.89 bits per heavy atom. The fourth-order valence-electron chi connectivity index (χ4n) is 0.936. The molecule has 1 rings (SSSR count). The molecule has 0 aromatic rings. The lowest BCUT2D eigenvalue weighted by molar-refractivity contribution is 1.06. The Morgan fingerprint density at radius 3 is 3.11 bits per heavy atom. The molecule has 0 aliphatic carbocycles. The first-order valence-corrected chi connectivity index (χ1v) is 4.09. The molecule has 0 spiro atoms. The van der Waals surface area contributed by atoms with Crippen LogP contribution in [0.5, 0.6) is 0 Å². The van der Waals surface area contributed by atoms with Crippen molar-refractivity contribution in [3.05, 3.63) is 11.6 Å². The fourth-order valence-corrected chi connectivity index (χ4v) is 2.04. The minimum Gasteiger partial charge on any atom is -0.193 e. The first kappa shape index (κ1) is 6.70. The number of nitriles is 1. The number of nitrogens with zero attached hydrogens (tertiary/aromatic N) is 1. The van der Waals surface area contributed by atoms with Crippen molar-refractivity contribution in [1.29, 1.82) is 5.26 Å². The molecule has 0 bridgehead atoms. The average molecular weight is 139 g/mol. The van der Waals surface area contributed by atoms with Gasteiger partial charge in [-0.25, -0.2) is 0 Å². The summed E-state index contributed by atoms with van der Waals surface area (Å²) in [7, 11) is 0. The molecule has 0 aromatic carbocycles. The Bertz CT molecular complexity index is 166. The molecule has 1 aliphatic rings. The molecule has 9 heavy (non-hydrogen) atoms.